The Hall–Kier alpha value is -2.87. The van der Waals surface area contributed by atoms with Crippen LogP contribution in [0.25, 0.3) is 0 Å². The molecule has 33 heavy (non-hydrogen) atoms. The molecule has 0 saturated heterocycles. The maximum absolute atomic E-state index is 13.6. The van der Waals surface area contributed by atoms with Gasteiger partial charge in [-0.3, -0.25) is 9.69 Å². The highest BCUT2D eigenvalue weighted by Gasteiger charge is 2.45. The summed E-state index contributed by atoms with van der Waals surface area (Å²) in [4.78, 5) is 16.7. The van der Waals surface area contributed by atoms with Crippen molar-refractivity contribution >= 4 is 33.5 Å². The van der Waals surface area contributed by atoms with E-state index in [0.29, 0.717) is 35.4 Å². The number of aryl methyl sites for hydroxylation is 1. The lowest BCUT2D eigenvalue weighted by molar-refractivity contribution is -0.118. The van der Waals surface area contributed by atoms with Crippen molar-refractivity contribution in [1.29, 1.82) is 10.5 Å². The summed E-state index contributed by atoms with van der Waals surface area (Å²) in [5.41, 5.74) is 11.2. The topological polar surface area (TPSA) is 93.9 Å². The van der Waals surface area contributed by atoms with Crippen LogP contribution in [0.5, 0.6) is 0 Å². The molecule has 1 atom stereocenters. The molecule has 0 aromatic carbocycles. The molecule has 2 aromatic rings. The van der Waals surface area contributed by atoms with E-state index in [-0.39, 0.29) is 11.2 Å². The minimum absolute atomic E-state index is 0.0688. The van der Waals surface area contributed by atoms with Crippen LogP contribution < -0.4 is 10.6 Å². The summed E-state index contributed by atoms with van der Waals surface area (Å²) < 4.78 is 0. The zero-order valence-electron chi connectivity index (χ0n) is 18.9. The molecule has 0 amide bonds. The standard InChI is InChI=1S/C26H26N4OS2/c1-26(2)10-19-23(20(31)11-26)22(15-8-9-32-14-15)18(13-28)24(29)30(19)25-17(12-27)16-6-4-3-5-7-21(16)33-25/h8-9,14,22H,3-7,10-11,29H2,1-2H3/t22-/m0/s1. The van der Waals surface area contributed by atoms with Gasteiger partial charge >= 0.3 is 0 Å². The summed E-state index contributed by atoms with van der Waals surface area (Å²) in [5, 5.41) is 25.1. The number of allylic oxidation sites excluding steroid dienone is 3. The molecule has 2 N–H and O–H groups in total. The van der Waals surface area contributed by atoms with Gasteiger partial charge in [-0.15, -0.1) is 11.3 Å². The van der Waals surface area contributed by atoms with Crippen LogP contribution in [-0.2, 0) is 17.6 Å². The molecule has 5 rings (SSSR count). The Balaban J connectivity index is 1.78. The number of rotatable bonds is 2. The van der Waals surface area contributed by atoms with Crippen LogP contribution in [0.3, 0.4) is 0 Å². The molecule has 0 unspecified atom stereocenters. The SMILES string of the molecule is CC1(C)CC(=O)C2=C(C1)N(c1sc3c(c1C#N)CCCCC3)C(N)=C(C#N)[C@@H]2c1ccsc1. The maximum Gasteiger partial charge on any atom is 0.162 e. The van der Waals surface area contributed by atoms with E-state index in [1.165, 1.54) is 11.3 Å². The lowest BCUT2D eigenvalue weighted by Crippen LogP contribution is -2.42. The monoisotopic (exact) mass is 474 g/mol. The van der Waals surface area contributed by atoms with Crippen molar-refractivity contribution < 1.29 is 4.79 Å². The second-order valence-corrected chi connectivity index (χ2v) is 11.8. The average molecular weight is 475 g/mol. The quantitative estimate of drug-likeness (QED) is 0.548. The molecular weight excluding hydrogens is 448 g/mol. The van der Waals surface area contributed by atoms with E-state index < -0.39 is 5.92 Å². The van der Waals surface area contributed by atoms with Crippen molar-refractivity contribution in [1.82, 2.24) is 0 Å². The minimum Gasteiger partial charge on any atom is -0.384 e. The van der Waals surface area contributed by atoms with Gasteiger partial charge in [-0.2, -0.15) is 21.9 Å². The number of Topliss-reactive ketones (excluding diaryl/α,β-unsaturated/α-hetero) is 1. The molecule has 5 nitrogen and oxygen atoms in total. The summed E-state index contributed by atoms with van der Waals surface area (Å²) >= 11 is 3.16. The highest BCUT2D eigenvalue weighted by Crippen LogP contribution is 2.52. The first kappa shape index (κ1) is 21.9. The number of nitrogens with two attached hydrogens (primary N) is 1. The van der Waals surface area contributed by atoms with E-state index in [9.17, 15) is 15.3 Å². The van der Waals surface area contributed by atoms with Gasteiger partial charge in [0.1, 0.15) is 16.9 Å². The number of carbonyl (C=O) groups is 1. The molecule has 168 valence electrons. The first-order valence-corrected chi connectivity index (χ1v) is 13.1. The molecule has 7 heteroatoms. The van der Waals surface area contributed by atoms with E-state index in [0.717, 1.165) is 47.5 Å². The molecule has 0 bridgehead atoms. The van der Waals surface area contributed by atoms with Gasteiger partial charge < -0.3 is 5.73 Å². The molecular formula is C26H26N4OS2. The number of hydrogen-bond donors (Lipinski definition) is 1. The third kappa shape index (κ3) is 3.51. The number of nitrogens with zero attached hydrogens (tertiary/aromatic N) is 3. The van der Waals surface area contributed by atoms with Crippen molar-refractivity contribution in [3.05, 3.63) is 61.1 Å². The van der Waals surface area contributed by atoms with Gasteiger partial charge in [0.25, 0.3) is 0 Å². The third-order valence-corrected chi connectivity index (χ3v) is 8.95. The van der Waals surface area contributed by atoms with E-state index in [4.69, 9.17) is 5.73 Å². The second-order valence-electron chi connectivity index (χ2n) is 9.89. The molecule has 2 aliphatic carbocycles. The predicted octanol–water partition coefficient (Wildman–Crippen LogP) is 5.89. The van der Waals surface area contributed by atoms with Crippen LogP contribution in [0.2, 0.25) is 0 Å². The number of ketones is 1. The van der Waals surface area contributed by atoms with Gasteiger partial charge in [0.05, 0.1) is 23.1 Å². The Labute approximate surface area is 202 Å². The van der Waals surface area contributed by atoms with Gasteiger partial charge in [-0.25, -0.2) is 0 Å². The number of carbonyl (C=O) groups excluding carboxylic acids is 1. The first-order valence-electron chi connectivity index (χ1n) is 11.4. The summed E-state index contributed by atoms with van der Waals surface area (Å²) in [7, 11) is 0. The Morgan fingerprint density at radius 3 is 2.64 bits per heavy atom. The summed E-state index contributed by atoms with van der Waals surface area (Å²) in [6, 6.07) is 6.75. The zero-order chi connectivity index (χ0) is 23.3. The molecule has 3 heterocycles. The fourth-order valence-corrected chi connectivity index (χ4v) is 7.58. The third-order valence-electron chi connectivity index (χ3n) is 6.98. The van der Waals surface area contributed by atoms with Crippen LogP contribution in [-0.4, -0.2) is 5.78 Å². The summed E-state index contributed by atoms with van der Waals surface area (Å²) in [6.45, 7) is 4.20. The molecule has 1 aliphatic heterocycles. The molecule has 0 fully saturated rings. The van der Waals surface area contributed by atoms with Crippen molar-refractivity contribution in [2.24, 2.45) is 11.1 Å². The van der Waals surface area contributed by atoms with Gasteiger partial charge in [-0.1, -0.05) is 20.3 Å². The fraction of sp³-hybridized carbons (Fsp3) is 0.423. The lowest BCUT2D eigenvalue weighted by atomic mass is 9.69. The van der Waals surface area contributed by atoms with Gasteiger partial charge in [0, 0.05) is 22.6 Å². The highest BCUT2D eigenvalue weighted by atomic mass is 32.1. The predicted molar refractivity (Wildman–Crippen MR) is 132 cm³/mol. The highest BCUT2D eigenvalue weighted by molar-refractivity contribution is 7.16. The molecule has 3 aliphatic rings. The largest absolute Gasteiger partial charge is 0.384 e. The number of anilines is 1. The van der Waals surface area contributed by atoms with Crippen LogP contribution in [0.1, 0.15) is 73.4 Å². The number of fused-ring (bicyclic) bond motifs is 1. The fourth-order valence-electron chi connectivity index (χ4n) is 5.51. The molecule has 0 saturated carbocycles. The van der Waals surface area contributed by atoms with Crippen molar-refractivity contribution in [2.45, 2.75) is 64.7 Å². The van der Waals surface area contributed by atoms with Crippen LogP contribution in [0, 0.1) is 28.1 Å². The van der Waals surface area contributed by atoms with Crippen LogP contribution >= 0.6 is 22.7 Å². The Kier molecular flexibility index (Phi) is 5.43. The Morgan fingerprint density at radius 1 is 1.15 bits per heavy atom. The Bertz CT molecular complexity index is 1280. The molecule has 0 spiro atoms. The van der Waals surface area contributed by atoms with Gasteiger partial charge in [0.2, 0.25) is 0 Å². The first-order chi connectivity index (χ1) is 15.9. The maximum atomic E-state index is 13.6. The number of nitriles is 2. The number of thiophene rings is 2. The minimum atomic E-state index is -0.445. The Morgan fingerprint density at radius 2 is 1.94 bits per heavy atom. The molecule has 2 aromatic heterocycles. The van der Waals surface area contributed by atoms with E-state index in [1.54, 1.807) is 22.7 Å². The van der Waals surface area contributed by atoms with Crippen LogP contribution in [0.4, 0.5) is 5.00 Å². The van der Waals surface area contributed by atoms with E-state index in [1.807, 2.05) is 21.7 Å². The van der Waals surface area contributed by atoms with Crippen molar-refractivity contribution in [2.75, 3.05) is 4.90 Å². The molecule has 0 radical (unpaired) electrons. The zero-order valence-corrected chi connectivity index (χ0v) is 20.5. The second kappa shape index (κ2) is 8.17. The van der Waals surface area contributed by atoms with Crippen molar-refractivity contribution in [3.63, 3.8) is 0 Å². The van der Waals surface area contributed by atoms with Crippen molar-refractivity contribution in [3.8, 4) is 12.1 Å². The smallest absolute Gasteiger partial charge is 0.162 e. The van der Waals surface area contributed by atoms with Gasteiger partial charge in [-0.05, 0) is 65.5 Å². The van der Waals surface area contributed by atoms with E-state index >= 15 is 0 Å². The van der Waals surface area contributed by atoms with Gasteiger partial charge in [0.15, 0.2) is 5.78 Å². The average Bonchev–Trinajstić information content (AvgIpc) is 3.34. The summed E-state index contributed by atoms with van der Waals surface area (Å²) in [6.07, 6.45) is 6.33. The lowest BCUT2D eigenvalue weighted by Gasteiger charge is -2.43. The normalized spacial score (nSPS) is 22.4. The number of hydrogen-bond acceptors (Lipinski definition) is 7. The van der Waals surface area contributed by atoms with Crippen LogP contribution in [0.15, 0.2) is 39.5 Å². The van der Waals surface area contributed by atoms with E-state index in [2.05, 4.69) is 26.0 Å². The summed E-state index contributed by atoms with van der Waals surface area (Å²) in [5.74, 6) is -0.0235.